The summed E-state index contributed by atoms with van der Waals surface area (Å²) >= 11 is 0. The van der Waals surface area contributed by atoms with Crippen LogP contribution in [0, 0.1) is 0 Å². The molecule has 0 aliphatic carbocycles. The predicted molar refractivity (Wildman–Crippen MR) is 134 cm³/mol. The predicted octanol–water partition coefficient (Wildman–Crippen LogP) is 7.13. The van der Waals surface area contributed by atoms with Crippen molar-refractivity contribution < 1.29 is 9.90 Å². The normalized spacial score (nSPS) is 12.9. The molecule has 4 rings (SSSR count). The lowest BCUT2D eigenvalue weighted by Gasteiger charge is -2.37. The maximum atomic E-state index is 12.0. The first kappa shape index (κ1) is 22.5. The Bertz CT molecular complexity index is 1160. The first-order valence-electron chi connectivity index (χ1n) is 11.3. The van der Waals surface area contributed by atoms with E-state index in [2.05, 4.69) is 66.4 Å². The summed E-state index contributed by atoms with van der Waals surface area (Å²) in [4.78, 5) is 14.3. The second-order valence-electron chi connectivity index (χ2n) is 8.35. The van der Waals surface area contributed by atoms with E-state index in [4.69, 9.17) is 0 Å². The van der Waals surface area contributed by atoms with E-state index in [9.17, 15) is 9.90 Å². The van der Waals surface area contributed by atoms with Crippen molar-refractivity contribution in [3.05, 3.63) is 132 Å². The summed E-state index contributed by atoms with van der Waals surface area (Å²) in [7, 11) is 0. The fraction of sp³-hybridized carbons (Fsp3) is 0.167. The maximum absolute atomic E-state index is 12.0. The van der Waals surface area contributed by atoms with Gasteiger partial charge in [0.1, 0.15) is 0 Å². The highest BCUT2D eigenvalue weighted by molar-refractivity contribution is 5.69. The molecule has 0 unspecified atom stereocenters. The van der Waals surface area contributed by atoms with Crippen LogP contribution in [0.15, 0.2) is 115 Å². The number of carbonyl (C=O) groups is 1. The van der Waals surface area contributed by atoms with Crippen LogP contribution in [0.1, 0.15) is 42.1 Å². The van der Waals surface area contributed by atoms with Crippen LogP contribution in [0.25, 0.3) is 11.1 Å². The second-order valence-corrected chi connectivity index (χ2v) is 8.35. The van der Waals surface area contributed by atoms with Gasteiger partial charge in [0.2, 0.25) is 0 Å². The molecule has 2 atom stereocenters. The summed E-state index contributed by atoms with van der Waals surface area (Å²) in [6.45, 7) is 2.82. The van der Waals surface area contributed by atoms with Gasteiger partial charge in [0.05, 0.1) is 6.42 Å². The lowest BCUT2D eigenvalue weighted by Crippen LogP contribution is -2.32. The van der Waals surface area contributed by atoms with Crippen LogP contribution in [0.4, 0.5) is 0 Å². The number of nitrogens with zero attached hydrogens (tertiary/aromatic N) is 1. The average molecular weight is 436 g/mol. The molecule has 0 spiro atoms. The first-order valence-corrected chi connectivity index (χ1v) is 11.3. The van der Waals surface area contributed by atoms with Gasteiger partial charge in [0, 0.05) is 18.6 Å². The molecule has 0 radical (unpaired) electrons. The van der Waals surface area contributed by atoms with Crippen LogP contribution < -0.4 is 0 Å². The van der Waals surface area contributed by atoms with Crippen molar-refractivity contribution in [3.8, 4) is 11.1 Å². The van der Waals surface area contributed by atoms with Crippen molar-refractivity contribution in [2.45, 2.75) is 32.0 Å². The molecule has 4 aromatic rings. The molecule has 166 valence electrons. The molecular weight excluding hydrogens is 406 g/mol. The fourth-order valence-electron chi connectivity index (χ4n) is 4.38. The number of benzene rings is 4. The van der Waals surface area contributed by atoms with Gasteiger partial charge in [0.15, 0.2) is 0 Å². The van der Waals surface area contributed by atoms with Crippen molar-refractivity contribution in [3.63, 3.8) is 0 Å². The Morgan fingerprint density at radius 2 is 1.27 bits per heavy atom. The quantitative estimate of drug-likeness (QED) is 0.304. The third kappa shape index (κ3) is 5.76. The standard InChI is InChI=1S/C30H29NO2/c1-23(25-14-7-3-8-15-25)31(22-24-12-5-2-6-13-24)29(21-30(32)33)28-19-11-18-27(20-28)26-16-9-4-10-17-26/h2-20,23,29H,21-22H2,1H3,(H,32,33)/t23-,29+/m1/s1. The zero-order chi connectivity index (χ0) is 23.0. The van der Waals surface area contributed by atoms with Crippen LogP contribution >= 0.6 is 0 Å². The lowest BCUT2D eigenvalue weighted by molar-refractivity contribution is -0.138. The number of aliphatic carboxylic acids is 1. The Balaban J connectivity index is 1.77. The number of rotatable bonds is 9. The van der Waals surface area contributed by atoms with Crippen LogP contribution in [0.2, 0.25) is 0 Å². The topological polar surface area (TPSA) is 40.5 Å². The average Bonchev–Trinajstić information content (AvgIpc) is 2.87. The number of carboxylic acid groups (broad SMARTS) is 1. The third-order valence-corrected chi connectivity index (χ3v) is 6.13. The van der Waals surface area contributed by atoms with Crippen molar-refractivity contribution in [1.82, 2.24) is 4.90 Å². The van der Waals surface area contributed by atoms with Gasteiger partial charge in [-0.25, -0.2) is 0 Å². The molecule has 0 saturated heterocycles. The minimum absolute atomic E-state index is 0.0300. The molecule has 3 nitrogen and oxygen atoms in total. The van der Waals surface area contributed by atoms with E-state index >= 15 is 0 Å². The molecule has 1 N–H and O–H groups in total. The van der Waals surface area contributed by atoms with E-state index in [1.165, 1.54) is 5.56 Å². The molecule has 0 aromatic heterocycles. The summed E-state index contributed by atoms with van der Waals surface area (Å²) in [5.41, 5.74) is 5.56. The molecule has 0 fully saturated rings. The summed E-state index contributed by atoms with van der Waals surface area (Å²) in [5, 5.41) is 9.87. The first-order chi connectivity index (χ1) is 16.1. The Labute approximate surface area is 196 Å². The van der Waals surface area contributed by atoms with E-state index in [1.807, 2.05) is 60.7 Å². The van der Waals surface area contributed by atoms with E-state index in [-0.39, 0.29) is 18.5 Å². The van der Waals surface area contributed by atoms with Gasteiger partial charge in [0.25, 0.3) is 0 Å². The molecule has 0 bridgehead atoms. The van der Waals surface area contributed by atoms with Crippen LogP contribution in [0.3, 0.4) is 0 Å². The zero-order valence-electron chi connectivity index (χ0n) is 18.8. The fourth-order valence-corrected chi connectivity index (χ4v) is 4.38. The number of carboxylic acids is 1. The summed E-state index contributed by atoms with van der Waals surface area (Å²) in [6.07, 6.45) is 0.0300. The maximum Gasteiger partial charge on any atom is 0.305 e. The second kappa shape index (κ2) is 10.8. The minimum atomic E-state index is -0.802. The highest BCUT2D eigenvalue weighted by Crippen LogP contribution is 2.36. The van der Waals surface area contributed by atoms with E-state index < -0.39 is 5.97 Å². The summed E-state index contributed by atoms with van der Waals surface area (Å²) < 4.78 is 0. The number of hydrogen-bond donors (Lipinski definition) is 1. The Morgan fingerprint density at radius 1 is 0.727 bits per heavy atom. The van der Waals surface area contributed by atoms with Crippen LogP contribution in [-0.2, 0) is 11.3 Å². The van der Waals surface area contributed by atoms with Crippen molar-refractivity contribution in [1.29, 1.82) is 0 Å². The highest BCUT2D eigenvalue weighted by atomic mass is 16.4. The van der Waals surface area contributed by atoms with Gasteiger partial charge in [-0.3, -0.25) is 9.69 Å². The molecule has 4 aromatic carbocycles. The van der Waals surface area contributed by atoms with Gasteiger partial charge < -0.3 is 5.11 Å². The van der Waals surface area contributed by atoms with Gasteiger partial charge in [-0.1, -0.05) is 109 Å². The van der Waals surface area contributed by atoms with E-state index in [0.717, 1.165) is 22.3 Å². The van der Waals surface area contributed by atoms with Crippen LogP contribution in [-0.4, -0.2) is 16.0 Å². The molecule has 0 aliphatic heterocycles. The zero-order valence-corrected chi connectivity index (χ0v) is 18.8. The molecule has 0 saturated carbocycles. The van der Waals surface area contributed by atoms with Gasteiger partial charge in [-0.2, -0.15) is 0 Å². The molecule has 0 amide bonds. The smallest absolute Gasteiger partial charge is 0.305 e. The SMILES string of the molecule is C[C@H](c1ccccc1)N(Cc1ccccc1)[C@@H](CC(=O)O)c1cccc(-c2ccccc2)c1. The largest absolute Gasteiger partial charge is 0.481 e. The molecule has 0 heterocycles. The molecule has 0 aliphatic rings. The summed E-state index contributed by atoms with van der Waals surface area (Å²) in [6, 6.07) is 38.9. The van der Waals surface area contributed by atoms with Crippen LogP contribution in [0.5, 0.6) is 0 Å². The van der Waals surface area contributed by atoms with Gasteiger partial charge >= 0.3 is 5.97 Å². The molecular formula is C30H29NO2. The highest BCUT2D eigenvalue weighted by Gasteiger charge is 2.28. The van der Waals surface area contributed by atoms with Crippen molar-refractivity contribution in [2.75, 3.05) is 0 Å². The lowest BCUT2D eigenvalue weighted by atomic mass is 9.94. The molecule has 33 heavy (non-hydrogen) atoms. The van der Waals surface area contributed by atoms with Gasteiger partial charge in [-0.15, -0.1) is 0 Å². The van der Waals surface area contributed by atoms with E-state index in [0.29, 0.717) is 6.54 Å². The summed E-state index contributed by atoms with van der Waals surface area (Å²) in [5.74, 6) is -0.802. The Morgan fingerprint density at radius 3 is 1.91 bits per heavy atom. The monoisotopic (exact) mass is 435 g/mol. The Hall–Kier alpha value is -3.69. The van der Waals surface area contributed by atoms with E-state index in [1.54, 1.807) is 0 Å². The van der Waals surface area contributed by atoms with Crippen molar-refractivity contribution in [2.24, 2.45) is 0 Å². The van der Waals surface area contributed by atoms with Gasteiger partial charge in [-0.05, 0) is 40.8 Å². The Kier molecular flexibility index (Phi) is 7.33. The molecule has 3 heteroatoms. The minimum Gasteiger partial charge on any atom is -0.481 e. The third-order valence-electron chi connectivity index (χ3n) is 6.13. The van der Waals surface area contributed by atoms with Crippen molar-refractivity contribution >= 4 is 5.97 Å². The number of hydrogen-bond acceptors (Lipinski definition) is 2.